The molecule has 8 heteroatoms. The molecule has 0 bridgehead atoms. The predicted octanol–water partition coefficient (Wildman–Crippen LogP) is 2.44. The third-order valence-corrected chi connectivity index (χ3v) is 4.54. The number of rotatable bonds is 5. The van der Waals surface area contributed by atoms with Crippen molar-refractivity contribution in [1.82, 2.24) is 19.7 Å². The van der Waals surface area contributed by atoms with Gasteiger partial charge >= 0.3 is 0 Å². The SMILES string of the molecule is COc1ccc(CNc2nn(C3CCCCO3)c3c(=O)[nH]cnc23)cc1. The molecule has 2 aromatic heterocycles. The van der Waals surface area contributed by atoms with Gasteiger partial charge in [0.25, 0.3) is 5.56 Å². The third-order valence-electron chi connectivity index (χ3n) is 4.54. The first-order valence-corrected chi connectivity index (χ1v) is 8.70. The Morgan fingerprint density at radius 1 is 1.35 bits per heavy atom. The molecule has 0 saturated carbocycles. The minimum Gasteiger partial charge on any atom is -0.497 e. The van der Waals surface area contributed by atoms with Gasteiger partial charge in [-0.15, -0.1) is 5.10 Å². The number of hydrogen-bond acceptors (Lipinski definition) is 6. The fourth-order valence-electron chi connectivity index (χ4n) is 3.16. The summed E-state index contributed by atoms with van der Waals surface area (Å²) < 4.78 is 12.6. The van der Waals surface area contributed by atoms with Crippen molar-refractivity contribution in [2.75, 3.05) is 19.0 Å². The van der Waals surface area contributed by atoms with Crippen molar-refractivity contribution < 1.29 is 9.47 Å². The van der Waals surface area contributed by atoms with Gasteiger partial charge in [0.1, 0.15) is 11.3 Å². The second kappa shape index (κ2) is 7.17. The molecule has 0 spiro atoms. The highest BCUT2D eigenvalue weighted by Gasteiger charge is 2.23. The Kier molecular flexibility index (Phi) is 4.57. The van der Waals surface area contributed by atoms with Gasteiger partial charge < -0.3 is 19.8 Å². The number of nitrogens with zero attached hydrogens (tertiary/aromatic N) is 3. The number of nitrogens with one attached hydrogen (secondary N) is 2. The number of aromatic nitrogens is 4. The van der Waals surface area contributed by atoms with Crippen LogP contribution in [0.3, 0.4) is 0 Å². The fraction of sp³-hybridized carbons (Fsp3) is 0.389. The quantitative estimate of drug-likeness (QED) is 0.730. The van der Waals surface area contributed by atoms with E-state index in [0.29, 0.717) is 30.0 Å². The first-order valence-electron chi connectivity index (χ1n) is 8.70. The molecule has 1 fully saturated rings. The van der Waals surface area contributed by atoms with Crippen LogP contribution in [0.15, 0.2) is 35.4 Å². The van der Waals surface area contributed by atoms with Crippen molar-refractivity contribution in [2.45, 2.75) is 32.0 Å². The van der Waals surface area contributed by atoms with E-state index in [0.717, 1.165) is 30.6 Å². The molecule has 26 heavy (non-hydrogen) atoms. The zero-order valence-electron chi connectivity index (χ0n) is 14.6. The Labute approximate surface area is 150 Å². The molecule has 8 nitrogen and oxygen atoms in total. The van der Waals surface area contributed by atoms with Crippen LogP contribution in [-0.2, 0) is 11.3 Å². The van der Waals surface area contributed by atoms with Crippen LogP contribution in [0.2, 0.25) is 0 Å². The van der Waals surface area contributed by atoms with Gasteiger partial charge in [0, 0.05) is 13.2 Å². The summed E-state index contributed by atoms with van der Waals surface area (Å²) in [4.78, 5) is 19.3. The Morgan fingerprint density at radius 2 is 2.19 bits per heavy atom. The zero-order chi connectivity index (χ0) is 17.9. The lowest BCUT2D eigenvalue weighted by molar-refractivity contribution is -0.0366. The Hall–Kier alpha value is -2.87. The monoisotopic (exact) mass is 355 g/mol. The molecule has 0 amide bonds. The van der Waals surface area contributed by atoms with Gasteiger partial charge in [0.05, 0.1) is 13.4 Å². The van der Waals surface area contributed by atoms with Crippen LogP contribution in [0.4, 0.5) is 5.82 Å². The number of benzene rings is 1. The van der Waals surface area contributed by atoms with Crippen LogP contribution in [0.1, 0.15) is 31.1 Å². The van der Waals surface area contributed by atoms with E-state index in [4.69, 9.17) is 9.47 Å². The third kappa shape index (κ3) is 3.15. The summed E-state index contributed by atoms with van der Waals surface area (Å²) in [5.41, 5.74) is 1.86. The first kappa shape index (κ1) is 16.6. The van der Waals surface area contributed by atoms with E-state index in [-0.39, 0.29) is 11.8 Å². The molecule has 4 rings (SSSR count). The van der Waals surface area contributed by atoms with Gasteiger partial charge in [-0.1, -0.05) is 12.1 Å². The Balaban J connectivity index is 1.64. The van der Waals surface area contributed by atoms with E-state index in [9.17, 15) is 4.79 Å². The van der Waals surface area contributed by atoms with Gasteiger partial charge in [-0.05, 0) is 37.0 Å². The molecule has 0 aliphatic carbocycles. The van der Waals surface area contributed by atoms with Crippen molar-refractivity contribution in [3.05, 3.63) is 46.5 Å². The van der Waals surface area contributed by atoms with E-state index in [2.05, 4.69) is 20.4 Å². The summed E-state index contributed by atoms with van der Waals surface area (Å²) in [5.74, 6) is 1.39. The number of aromatic amines is 1. The van der Waals surface area contributed by atoms with Gasteiger partial charge in [-0.3, -0.25) is 4.79 Å². The smallest absolute Gasteiger partial charge is 0.277 e. The first-order chi connectivity index (χ1) is 12.8. The normalized spacial score (nSPS) is 17.3. The molecule has 1 atom stereocenters. The maximum atomic E-state index is 12.3. The molecule has 0 radical (unpaired) electrons. The van der Waals surface area contributed by atoms with Crippen LogP contribution in [0.5, 0.6) is 5.75 Å². The van der Waals surface area contributed by atoms with Crippen molar-refractivity contribution in [3.63, 3.8) is 0 Å². The molecule has 3 heterocycles. The minimum atomic E-state index is -0.229. The van der Waals surface area contributed by atoms with E-state index in [1.165, 1.54) is 6.33 Å². The summed E-state index contributed by atoms with van der Waals surface area (Å²) >= 11 is 0. The van der Waals surface area contributed by atoms with Gasteiger partial charge in [-0.2, -0.15) is 0 Å². The van der Waals surface area contributed by atoms with Crippen LogP contribution >= 0.6 is 0 Å². The number of ether oxygens (including phenoxy) is 2. The van der Waals surface area contributed by atoms with Gasteiger partial charge in [0.15, 0.2) is 17.6 Å². The van der Waals surface area contributed by atoms with Gasteiger partial charge in [0.2, 0.25) is 0 Å². The van der Waals surface area contributed by atoms with E-state index < -0.39 is 0 Å². The number of H-pyrrole nitrogens is 1. The molecule has 3 aromatic rings. The van der Waals surface area contributed by atoms with Crippen LogP contribution in [-0.4, -0.2) is 33.5 Å². The molecule has 136 valence electrons. The zero-order valence-corrected chi connectivity index (χ0v) is 14.6. The molecule has 1 aromatic carbocycles. The molecule has 1 saturated heterocycles. The fourth-order valence-corrected chi connectivity index (χ4v) is 3.16. The standard InChI is InChI=1S/C18H21N5O3/c1-25-13-7-5-12(6-8-13)10-19-17-15-16(18(24)21-11-20-15)23(22-17)14-4-2-3-9-26-14/h5-8,11,14H,2-4,9-10H2,1H3,(H,19,22)(H,20,21,24). The lowest BCUT2D eigenvalue weighted by atomic mass is 10.2. The van der Waals surface area contributed by atoms with Crippen LogP contribution < -0.4 is 15.6 Å². The summed E-state index contributed by atoms with van der Waals surface area (Å²) in [6.45, 7) is 1.24. The topological polar surface area (TPSA) is 94.1 Å². The lowest BCUT2D eigenvalue weighted by Crippen LogP contribution is -2.22. The van der Waals surface area contributed by atoms with Crippen molar-refractivity contribution in [3.8, 4) is 5.75 Å². The lowest BCUT2D eigenvalue weighted by Gasteiger charge is -2.22. The molecule has 1 aliphatic heterocycles. The number of methoxy groups -OCH3 is 1. The van der Waals surface area contributed by atoms with Crippen molar-refractivity contribution in [2.24, 2.45) is 0 Å². The summed E-state index contributed by atoms with van der Waals surface area (Å²) in [6.07, 6.45) is 4.10. The highest BCUT2D eigenvalue weighted by Crippen LogP contribution is 2.27. The minimum absolute atomic E-state index is 0.214. The molecular weight excluding hydrogens is 334 g/mol. The molecular formula is C18H21N5O3. The molecule has 2 N–H and O–H groups in total. The molecule has 1 aliphatic rings. The average molecular weight is 355 g/mol. The summed E-state index contributed by atoms with van der Waals surface area (Å²) in [6, 6.07) is 7.78. The van der Waals surface area contributed by atoms with E-state index >= 15 is 0 Å². The number of fused-ring (bicyclic) bond motifs is 1. The average Bonchev–Trinajstić information content (AvgIpc) is 3.07. The van der Waals surface area contributed by atoms with Crippen LogP contribution in [0, 0.1) is 0 Å². The van der Waals surface area contributed by atoms with Gasteiger partial charge in [-0.25, -0.2) is 9.67 Å². The number of hydrogen-bond donors (Lipinski definition) is 2. The van der Waals surface area contributed by atoms with E-state index in [1.807, 2.05) is 24.3 Å². The number of anilines is 1. The maximum absolute atomic E-state index is 12.3. The van der Waals surface area contributed by atoms with E-state index in [1.54, 1.807) is 11.8 Å². The van der Waals surface area contributed by atoms with Crippen molar-refractivity contribution >= 4 is 16.9 Å². The highest BCUT2D eigenvalue weighted by molar-refractivity contribution is 5.85. The Morgan fingerprint density at radius 3 is 2.92 bits per heavy atom. The second-order valence-corrected chi connectivity index (χ2v) is 6.24. The highest BCUT2D eigenvalue weighted by atomic mass is 16.5. The largest absolute Gasteiger partial charge is 0.497 e. The second-order valence-electron chi connectivity index (χ2n) is 6.24. The Bertz CT molecular complexity index is 942. The molecule has 1 unspecified atom stereocenters. The predicted molar refractivity (Wildman–Crippen MR) is 97.3 cm³/mol. The summed E-state index contributed by atoms with van der Waals surface area (Å²) in [5, 5.41) is 7.88. The van der Waals surface area contributed by atoms with Crippen molar-refractivity contribution in [1.29, 1.82) is 0 Å². The maximum Gasteiger partial charge on any atom is 0.277 e. The summed E-state index contributed by atoms with van der Waals surface area (Å²) in [7, 11) is 1.64. The van der Waals surface area contributed by atoms with Crippen LogP contribution in [0.25, 0.3) is 11.0 Å².